The van der Waals surface area contributed by atoms with Gasteiger partial charge in [0.25, 0.3) is 0 Å². The zero-order chi connectivity index (χ0) is 12.1. The molecule has 0 heterocycles. The average Bonchev–Trinajstić information content (AvgIpc) is 2.55. The first kappa shape index (κ1) is 12.3. The van der Waals surface area contributed by atoms with Crippen molar-refractivity contribution in [2.24, 2.45) is 5.92 Å². The smallest absolute Gasteiger partial charge is 0.141 e. The molecule has 17 heavy (non-hydrogen) atoms. The number of rotatable bonds is 3. The number of nitrogens with one attached hydrogen (secondary N) is 1. The van der Waals surface area contributed by atoms with Gasteiger partial charge >= 0.3 is 0 Å². The van der Waals surface area contributed by atoms with E-state index < -0.39 is 0 Å². The molecule has 1 fully saturated rings. The molecule has 1 aliphatic carbocycles. The van der Waals surface area contributed by atoms with Crippen LogP contribution >= 0.6 is 0 Å². The van der Waals surface area contributed by atoms with E-state index in [1.807, 2.05) is 12.1 Å². The summed E-state index contributed by atoms with van der Waals surface area (Å²) in [5.41, 5.74) is 1.13. The summed E-state index contributed by atoms with van der Waals surface area (Å²) < 4.78 is 5.38. The van der Waals surface area contributed by atoms with Crippen molar-refractivity contribution in [3.05, 3.63) is 24.3 Å². The third-order valence-corrected chi connectivity index (χ3v) is 3.72. The second-order valence-electron chi connectivity index (χ2n) is 5.15. The summed E-state index contributed by atoms with van der Waals surface area (Å²) in [5.74, 6) is 1.84. The van der Waals surface area contributed by atoms with Crippen LogP contribution < -0.4 is 10.1 Å². The van der Waals surface area contributed by atoms with Crippen molar-refractivity contribution in [3.63, 3.8) is 0 Å². The molecule has 0 amide bonds. The van der Waals surface area contributed by atoms with E-state index in [9.17, 15) is 0 Å². The molecule has 1 aromatic carbocycles. The molecule has 1 N–H and O–H groups in total. The van der Waals surface area contributed by atoms with Gasteiger partial charge in [-0.25, -0.2) is 0 Å². The number of methoxy groups -OCH3 is 1. The van der Waals surface area contributed by atoms with Crippen molar-refractivity contribution in [1.29, 1.82) is 0 Å². The number of para-hydroxylation sites is 2. The van der Waals surface area contributed by atoms with Crippen LogP contribution in [0.5, 0.6) is 5.75 Å². The van der Waals surface area contributed by atoms with Gasteiger partial charge < -0.3 is 10.1 Å². The average molecular weight is 233 g/mol. The van der Waals surface area contributed by atoms with Gasteiger partial charge in [-0.05, 0) is 37.3 Å². The molecule has 1 aromatic rings. The normalized spacial score (nSPS) is 25.1. The van der Waals surface area contributed by atoms with Crippen molar-refractivity contribution in [2.45, 2.75) is 45.1 Å². The monoisotopic (exact) mass is 233 g/mol. The summed E-state index contributed by atoms with van der Waals surface area (Å²) in [6, 6.07) is 8.80. The minimum absolute atomic E-state index is 0.608. The van der Waals surface area contributed by atoms with Gasteiger partial charge in [0.1, 0.15) is 5.75 Å². The summed E-state index contributed by atoms with van der Waals surface area (Å²) in [6.45, 7) is 2.37. The van der Waals surface area contributed by atoms with E-state index in [4.69, 9.17) is 4.74 Å². The summed E-state index contributed by atoms with van der Waals surface area (Å²) >= 11 is 0. The van der Waals surface area contributed by atoms with Crippen LogP contribution in [0, 0.1) is 5.92 Å². The van der Waals surface area contributed by atoms with Crippen molar-refractivity contribution >= 4 is 5.69 Å². The molecule has 0 spiro atoms. The fourth-order valence-electron chi connectivity index (χ4n) is 2.62. The molecular weight excluding hydrogens is 210 g/mol. The third-order valence-electron chi connectivity index (χ3n) is 3.72. The molecule has 2 unspecified atom stereocenters. The Labute approximate surface area is 104 Å². The second-order valence-corrected chi connectivity index (χ2v) is 5.15. The van der Waals surface area contributed by atoms with Gasteiger partial charge in [-0.2, -0.15) is 0 Å². The molecule has 0 bridgehead atoms. The lowest BCUT2D eigenvalue weighted by atomic mass is 10.0. The molecule has 1 saturated carbocycles. The molecule has 0 saturated heterocycles. The van der Waals surface area contributed by atoms with Crippen LogP contribution in [0.15, 0.2) is 24.3 Å². The highest BCUT2D eigenvalue weighted by atomic mass is 16.5. The Morgan fingerprint density at radius 1 is 1.12 bits per heavy atom. The van der Waals surface area contributed by atoms with Gasteiger partial charge in [0.15, 0.2) is 0 Å². The number of benzene rings is 1. The van der Waals surface area contributed by atoms with Crippen LogP contribution in [0.1, 0.15) is 39.0 Å². The van der Waals surface area contributed by atoms with E-state index in [-0.39, 0.29) is 0 Å². The number of hydrogen-bond donors (Lipinski definition) is 1. The maximum absolute atomic E-state index is 5.38. The lowest BCUT2D eigenvalue weighted by molar-refractivity contribution is 0.415. The van der Waals surface area contributed by atoms with Gasteiger partial charge in [-0.3, -0.25) is 0 Å². The largest absolute Gasteiger partial charge is 0.495 e. The predicted molar refractivity (Wildman–Crippen MR) is 72.7 cm³/mol. The summed E-state index contributed by atoms with van der Waals surface area (Å²) in [5, 5.41) is 3.64. The topological polar surface area (TPSA) is 21.3 Å². The Kier molecular flexibility index (Phi) is 4.29. The lowest BCUT2D eigenvalue weighted by Crippen LogP contribution is -2.18. The van der Waals surface area contributed by atoms with Gasteiger partial charge in [0, 0.05) is 6.04 Å². The van der Waals surface area contributed by atoms with Crippen LogP contribution in [0.4, 0.5) is 5.69 Å². The first-order valence-corrected chi connectivity index (χ1v) is 6.69. The lowest BCUT2D eigenvalue weighted by Gasteiger charge is -2.19. The summed E-state index contributed by atoms with van der Waals surface area (Å²) in [7, 11) is 1.73. The highest BCUT2D eigenvalue weighted by Gasteiger charge is 2.16. The highest BCUT2D eigenvalue weighted by molar-refractivity contribution is 5.56. The van der Waals surface area contributed by atoms with Crippen LogP contribution in [-0.4, -0.2) is 13.2 Å². The molecular formula is C15H23NO. The van der Waals surface area contributed by atoms with Crippen molar-refractivity contribution in [3.8, 4) is 5.75 Å². The van der Waals surface area contributed by atoms with Crippen LogP contribution in [0.3, 0.4) is 0 Å². The quantitative estimate of drug-likeness (QED) is 0.794. The zero-order valence-electron chi connectivity index (χ0n) is 10.9. The summed E-state index contributed by atoms with van der Waals surface area (Å²) in [6.07, 6.45) is 6.62. The first-order valence-electron chi connectivity index (χ1n) is 6.69. The third kappa shape index (κ3) is 3.39. The van der Waals surface area contributed by atoms with Gasteiger partial charge in [0.2, 0.25) is 0 Å². The SMILES string of the molecule is COc1ccccc1NC1CCCC(C)CC1. The minimum atomic E-state index is 0.608. The molecule has 2 heteroatoms. The maximum atomic E-state index is 5.38. The van der Waals surface area contributed by atoms with E-state index >= 15 is 0 Å². The summed E-state index contributed by atoms with van der Waals surface area (Å²) in [4.78, 5) is 0. The van der Waals surface area contributed by atoms with E-state index in [1.54, 1.807) is 7.11 Å². The van der Waals surface area contributed by atoms with Crippen molar-refractivity contribution in [1.82, 2.24) is 0 Å². The van der Waals surface area contributed by atoms with E-state index in [0.29, 0.717) is 6.04 Å². The molecule has 1 aliphatic rings. The first-order chi connectivity index (χ1) is 8.29. The number of anilines is 1. The van der Waals surface area contributed by atoms with Crippen LogP contribution in [-0.2, 0) is 0 Å². The van der Waals surface area contributed by atoms with Crippen LogP contribution in [0.25, 0.3) is 0 Å². The molecule has 2 nitrogen and oxygen atoms in total. The van der Waals surface area contributed by atoms with E-state index in [1.165, 1.54) is 32.1 Å². The molecule has 0 aliphatic heterocycles. The Morgan fingerprint density at radius 2 is 1.94 bits per heavy atom. The van der Waals surface area contributed by atoms with Gasteiger partial charge in [0.05, 0.1) is 12.8 Å². The van der Waals surface area contributed by atoms with Crippen molar-refractivity contribution < 1.29 is 4.74 Å². The maximum Gasteiger partial charge on any atom is 0.141 e. The molecule has 2 rings (SSSR count). The predicted octanol–water partition coefficient (Wildman–Crippen LogP) is 4.08. The second kappa shape index (κ2) is 5.95. The zero-order valence-corrected chi connectivity index (χ0v) is 10.9. The molecule has 94 valence electrons. The minimum Gasteiger partial charge on any atom is -0.495 e. The standard InChI is InChI=1S/C15H23NO/c1-12-6-5-7-13(11-10-12)16-14-8-3-4-9-15(14)17-2/h3-4,8-9,12-13,16H,5-7,10-11H2,1-2H3. The van der Waals surface area contributed by atoms with E-state index in [2.05, 4.69) is 24.4 Å². The number of ether oxygens (including phenoxy) is 1. The molecule has 2 atom stereocenters. The van der Waals surface area contributed by atoms with Gasteiger partial charge in [-0.15, -0.1) is 0 Å². The van der Waals surface area contributed by atoms with Crippen LogP contribution in [0.2, 0.25) is 0 Å². The number of hydrogen-bond acceptors (Lipinski definition) is 2. The Balaban J connectivity index is 1.99. The van der Waals surface area contributed by atoms with E-state index in [0.717, 1.165) is 17.4 Å². The molecule has 0 radical (unpaired) electrons. The Hall–Kier alpha value is -1.18. The van der Waals surface area contributed by atoms with Crippen molar-refractivity contribution in [2.75, 3.05) is 12.4 Å². The fraction of sp³-hybridized carbons (Fsp3) is 0.600. The fourth-order valence-corrected chi connectivity index (χ4v) is 2.62. The van der Waals surface area contributed by atoms with Gasteiger partial charge in [-0.1, -0.05) is 31.9 Å². The molecule has 0 aromatic heterocycles. The Bertz CT molecular complexity index is 351. The Morgan fingerprint density at radius 3 is 2.76 bits per heavy atom. The highest BCUT2D eigenvalue weighted by Crippen LogP contribution is 2.29.